The minimum Gasteiger partial charge on any atom is -0.492 e. The number of benzene rings is 1. The Labute approximate surface area is 151 Å². The van der Waals surface area contributed by atoms with Crippen molar-refractivity contribution in [1.82, 2.24) is 15.3 Å². The van der Waals surface area contributed by atoms with Crippen LogP contribution in [-0.2, 0) is 0 Å². The van der Waals surface area contributed by atoms with E-state index in [2.05, 4.69) is 15.3 Å². The second-order valence-electron chi connectivity index (χ2n) is 6.01. The van der Waals surface area contributed by atoms with Crippen LogP contribution in [0, 0.1) is 27.7 Å². The molecule has 0 bridgehead atoms. The van der Waals surface area contributed by atoms with E-state index < -0.39 is 0 Å². The molecule has 2 heterocycles. The number of fused-ring (bicyclic) bond motifs is 1. The van der Waals surface area contributed by atoms with Gasteiger partial charge in [0.1, 0.15) is 23.0 Å². The molecule has 0 aliphatic rings. The van der Waals surface area contributed by atoms with Gasteiger partial charge in [-0.05, 0) is 45.4 Å². The van der Waals surface area contributed by atoms with E-state index in [1.54, 1.807) is 0 Å². The molecule has 0 saturated carbocycles. The monoisotopic (exact) mass is 355 g/mol. The Hall–Kier alpha value is -2.47. The fourth-order valence-corrected chi connectivity index (χ4v) is 3.93. The Morgan fingerprint density at radius 2 is 1.84 bits per heavy atom. The zero-order valence-electron chi connectivity index (χ0n) is 14.8. The van der Waals surface area contributed by atoms with E-state index in [0.717, 1.165) is 33.0 Å². The van der Waals surface area contributed by atoms with Gasteiger partial charge in [-0.2, -0.15) is 0 Å². The molecule has 5 nitrogen and oxygen atoms in total. The number of thiophene rings is 1. The first-order valence-corrected chi connectivity index (χ1v) is 8.99. The van der Waals surface area contributed by atoms with Crippen LogP contribution in [0.25, 0.3) is 10.2 Å². The van der Waals surface area contributed by atoms with Crippen molar-refractivity contribution in [3.05, 3.63) is 51.8 Å². The molecule has 0 radical (unpaired) electrons. The van der Waals surface area contributed by atoms with Crippen LogP contribution in [0.15, 0.2) is 24.3 Å². The van der Waals surface area contributed by atoms with Crippen molar-refractivity contribution in [2.24, 2.45) is 0 Å². The average molecular weight is 355 g/mol. The van der Waals surface area contributed by atoms with Crippen molar-refractivity contribution in [3.8, 4) is 5.75 Å². The van der Waals surface area contributed by atoms with Gasteiger partial charge in [-0.15, -0.1) is 11.3 Å². The zero-order valence-corrected chi connectivity index (χ0v) is 15.7. The Kier molecular flexibility index (Phi) is 4.99. The van der Waals surface area contributed by atoms with Crippen molar-refractivity contribution in [2.45, 2.75) is 27.7 Å². The van der Waals surface area contributed by atoms with Crippen LogP contribution in [0.4, 0.5) is 0 Å². The van der Waals surface area contributed by atoms with Crippen molar-refractivity contribution in [1.29, 1.82) is 0 Å². The van der Waals surface area contributed by atoms with E-state index in [9.17, 15) is 4.79 Å². The van der Waals surface area contributed by atoms with Gasteiger partial charge in [-0.1, -0.05) is 17.7 Å². The molecule has 6 heteroatoms. The smallest absolute Gasteiger partial charge is 0.261 e. The van der Waals surface area contributed by atoms with Crippen LogP contribution in [0.3, 0.4) is 0 Å². The van der Waals surface area contributed by atoms with Crippen molar-refractivity contribution in [2.75, 3.05) is 13.2 Å². The number of ether oxygens (including phenoxy) is 1. The molecule has 3 aromatic rings. The summed E-state index contributed by atoms with van der Waals surface area (Å²) < 4.78 is 5.64. The van der Waals surface area contributed by atoms with Crippen LogP contribution in [0.2, 0.25) is 0 Å². The van der Waals surface area contributed by atoms with Crippen molar-refractivity contribution in [3.63, 3.8) is 0 Å². The van der Waals surface area contributed by atoms with E-state index >= 15 is 0 Å². The number of rotatable bonds is 5. The number of aryl methyl sites for hydroxylation is 4. The third-order valence-corrected chi connectivity index (χ3v) is 5.15. The summed E-state index contributed by atoms with van der Waals surface area (Å²) in [6, 6.07) is 7.85. The molecule has 3 rings (SSSR count). The van der Waals surface area contributed by atoms with Gasteiger partial charge in [-0.3, -0.25) is 4.79 Å². The largest absolute Gasteiger partial charge is 0.492 e. The molecule has 0 spiro atoms. The molecule has 0 aliphatic heterocycles. The number of carbonyl (C=O) groups excluding carboxylic acids is 1. The van der Waals surface area contributed by atoms with Crippen LogP contribution in [0.1, 0.15) is 32.3 Å². The van der Waals surface area contributed by atoms with Gasteiger partial charge in [0, 0.05) is 11.1 Å². The molecule has 0 unspecified atom stereocenters. The first kappa shape index (κ1) is 17.4. The first-order valence-electron chi connectivity index (χ1n) is 8.17. The molecule has 1 aromatic carbocycles. The molecule has 0 saturated heterocycles. The van der Waals surface area contributed by atoms with E-state index in [4.69, 9.17) is 4.74 Å². The number of nitrogens with one attached hydrogen (secondary N) is 1. The lowest BCUT2D eigenvalue weighted by molar-refractivity contribution is 0.0950. The quantitative estimate of drug-likeness (QED) is 0.708. The number of hydrogen-bond donors (Lipinski definition) is 1. The Bertz CT molecular complexity index is 917. The summed E-state index contributed by atoms with van der Waals surface area (Å²) in [7, 11) is 0. The summed E-state index contributed by atoms with van der Waals surface area (Å²) in [5.41, 5.74) is 3.04. The second-order valence-corrected chi connectivity index (χ2v) is 7.01. The lowest BCUT2D eigenvalue weighted by Gasteiger charge is -2.07. The van der Waals surface area contributed by atoms with Crippen LogP contribution in [0.5, 0.6) is 5.75 Å². The third kappa shape index (κ3) is 3.79. The van der Waals surface area contributed by atoms with Crippen molar-refractivity contribution < 1.29 is 9.53 Å². The summed E-state index contributed by atoms with van der Waals surface area (Å²) in [6.45, 7) is 8.67. The standard InChI is InChI=1S/C19H21N3O2S/c1-11-5-7-15(8-6-11)24-10-9-20-18(23)17-12(2)16-13(3)21-14(4)22-19(16)25-17/h5-8H,9-10H2,1-4H3,(H,20,23). The van der Waals surface area contributed by atoms with Gasteiger partial charge < -0.3 is 10.1 Å². The lowest BCUT2D eigenvalue weighted by atomic mass is 10.1. The van der Waals surface area contributed by atoms with Gasteiger partial charge in [0.15, 0.2) is 0 Å². The molecule has 130 valence electrons. The number of nitrogens with zero attached hydrogens (tertiary/aromatic N) is 2. The predicted octanol–water partition coefficient (Wildman–Crippen LogP) is 3.73. The van der Waals surface area contributed by atoms with Gasteiger partial charge >= 0.3 is 0 Å². The predicted molar refractivity (Wildman–Crippen MR) is 101 cm³/mol. The van der Waals surface area contributed by atoms with Gasteiger partial charge in [0.05, 0.1) is 11.4 Å². The zero-order chi connectivity index (χ0) is 18.0. The van der Waals surface area contributed by atoms with E-state index in [1.807, 2.05) is 52.0 Å². The highest BCUT2D eigenvalue weighted by atomic mass is 32.1. The van der Waals surface area contributed by atoms with Crippen molar-refractivity contribution >= 4 is 27.5 Å². The summed E-state index contributed by atoms with van der Waals surface area (Å²) in [6.07, 6.45) is 0. The third-order valence-electron chi connectivity index (χ3n) is 3.97. The van der Waals surface area contributed by atoms with E-state index in [-0.39, 0.29) is 5.91 Å². The van der Waals surface area contributed by atoms with Crippen LogP contribution < -0.4 is 10.1 Å². The maximum Gasteiger partial charge on any atom is 0.261 e. The molecule has 0 fully saturated rings. The summed E-state index contributed by atoms with van der Waals surface area (Å²) in [5.74, 6) is 1.44. The van der Waals surface area contributed by atoms with E-state index in [1.165, 1.54) is 16.9 Å². The number of amides is 1. The Balaban J connectivity index is 1.63. The van der Waals surface area contributed by atoms with Gasteiger partial charge in [0.2, 0.25) is 0 Å². The molecule has 25 heavy (non-hydrogen) atoms. The van der Waals surface area contributed by atoms with Gasteiger partial charge in [-0.25, -0.2) is 9.97 Å². The van der Waals surface area contributed by atoms with E-state index in [0.29, 0.717) is 18.0 Å². The molecule has 2 aromatic heterocycles. The van der Waals surface area contributed by atoms with Gasteiger partial charge in [0.25, 0.3) is 5.91 Å². The molecule has 1 N–H and O–H groups in total. The van der Waals surface area contributed by atoms with Crippen LogP contribution in [-0.4, -0.2) is 29.0 Å². The topological polar surface area (TPSA) is 64.1 Å². The Morgan fingerprint density at radius 1 is 1.12 bits per heavy atom. The van der Waals surface area contributed by atoms with Crippen LogP contribution >= 0.6 is 11.3 Å². The molecular weight excluding hydrogens is 334 g/mol. The summed E-state index contributed by atoms with van der Waals surface area (Å²) in [5, 5.41) is 3.90. The number of hydrogen-bond acceptors (Lipinski definition) is 5. The normalized spacial score (nSPS) is 10.9. The highest BCUT2D eigenvalue weighted by Crippen LogP contribution is 2.31. The second kappa shape index (κ2) is 7.19. The fourth-order valence-electron chi connectivity index (χ4n) is 2.74. The maximum absolute atomic E-state index is 12.5. The molecular formula is C19H21N3O2S. The SMILES string of the molecule is Cc1ccc(OCCNC(=O)c2sc3nc(C)nc(C)c3c2C)cc1. The maximum atomic E-state index is 12.5. The Morgan fingerprint density at radius 3 is 2.56 bits per heavy atom. The highest BCUT2D eigenvalue weighted by molar-refractivity contribution is 7.20. The summed E-state index contributed by atoms with van der Waals surface area (Å²) >= 11 is 1.41. The fraction of sp³-hybridized carbons (Fsp3) is 0.316. The highest BCUT2D eigenvalue weighted by Gasteiger charge is 2.18. The number of carbonyl (C=O) groups is 1. The average Bonchev–Trinajstić information content (AvgIpc) is 2.90. The molecule has 0 aliphatic carbocycles. The minimum atomic E-state index is -0.0925. The molecule has 0 atom stereocenters. The first-order chi connectivity index (χ1) is 12.0. The summed E-state index contributed by atoms with van der Waals surface area (Å²) in [4.78, 5) is 22.9. The molecule has 1 amide bonds. The minimum absolute atomic E-state index is 0.0925. The number of aromatic nitrogens is 2. The lowest BCUT2D eigenvalue weighted by Crippen LogP contribution is -2.27.